The maximum Gasteiger partial charge on any atom is 0.234 e. The maximum atomic E-state index is 13.7. The van der Waals surface area contributed by atoms with Crippen molar-refractivity contribution in [3.63, 3.8) is 0 Å². The second-order valence-electron chi connectivity index (χ2n) is 10.9. The number of aryl methyl sites for hydroxylation is 1. The summed E-state index contributed by atoms with van der Waals surface area (Å²) in [5.74, 6) is 1.33. The molecule has 0 bridgehead atoms. The fourth-order valence-corrected chi connectivity index (χ4v) is 5.92. The van der Waals surface area contributed by atoms with Gasteiger partial charge in [-0.2, -0.15) is 0 Å². The van der Waals surface area contributed by atoms with Crippen LogP contribution >= 0.6 is 0 Å². The van der Waals surface area contributed by atoms with Crippen molar-refractivity contribution >= 4 is 17.6 Å². The van der Waals surface area contributed by atoms with E-state index < -0.39 is 5.41 Å². The van der Waals surface area contributed by atoms with E-state index in [1.807, 2.05) is 53.2 Å². The molecule has 210 valence electrons. The molecule has 2 aliphatic rings. The molecule has 1 aliphatic heterocycles. The number of nitrogens with zero attached hydrogens (tertiary/aromatic N) is 3. The maximum absolute atomic E-state index is 13.7. The summed E-state index contributed by atoms with van der Waals surface area (Å²) < 4.78 is 12.7. The van der Waals surface area contributed by atoms with E-state index in [4.69, 9.17) is 14.6 Å². The first-order valence-electron chi connectivity index (χ1n) is 14.0. The van der Waals surface area contributed by atoms with Crippen LogP contribution < -0.4 is 14.8 Å². The minimum absolute atomic E-state index is 0.00117. The number of carbonyl (C=O) groups is 2. The van der Waals surface area contributed by atoms with Crippen molar-refractivity contribution in [2.24, 2.45) is 11.3 Å². The highest BCUT2D eigenvalue weighted by atomic mass is 16.5. The zero-order valence-electron chi connectivity index (χ0n) is 23.6. The molecule has 0 radical (unpaired) electrons. The van der Waals surface area contributed by atoms with Crippen LogP contribution in [0, 0.1) is 11.3 Å². The van der Waals surface area contributed by atoms with Crippen molar-refractivity contribution in [2.45, 2.75) is 32.7 Å². The molecular weight excluding hydrogens is 516 g/mol. The second kappa shape index (κ2) is 10.8. The summed E-state index contributed by atoms with van der Waals surface area (Å²) >= 11 is 0. The number of likely N-dealkylation sites (tertiary alicyclic amines) is 1. The third-order valence-corrected chi connectivity index (χ3v) is 8.18. The molecule has 41 heavy (non-hydrogen) atoms. The molecule has 3 aromatic carbocycles. The van der Waals surface area contributed by atoms with Crippen LogP contribution in [0.4, 0.5) is 5.82 Å². The third kappa shape index (κ3) is 4.94. The molecule has 8 heteroatoms. The van der Waals surface area contributed by atoms with Crippen molar-refractivity contribution in [1.29, 1.82) is 0 Å². The molecule has 2 fully saturated rings. The molecule has 0 spiro atoms. The molecular formula is C33H34N4O4. The number of hydrogen-bond donors (Lipinski definition) is 1. The average Bonchev–Trinajstić information content (AvgIpc) is 3.48. The summed E-state index contributed by atoms with van der Waals surface area (Å²) in [6.45, 7) is 2.91. The number of aromatic nitrogens is 2. The van der Waals surface area contributed by atoms with E-state index in [2.05, 4.69) is 36.5 Å². The van der Waals surface area contributed by atoms with Crippen LogP contribution in [0.15, 0.2) is 78.9 Å². The lowest BCUT2D eigenvalue weighted by atomic mass is 10.0. The van der Waals surface area contributed by atoms with Gasteiger partial charge in [0, 0.05) is 36.3 Å². The number of anilines is 1. The van der Waals surface area contributed by atoms with Gasteiger partial charge in [0.1, 0.15) is 11.5 Å². The van der Waals surface area contributed by atoms with Gasteiger partial charge in [0.15, 0.2) is 5.82 Å². The molecule has 1 aliphatic carbocycles. The molecule has 1 N–H and O–H groups in total. The summed E-state index contributed by atoms with van der Waals surface area (Å²) in [6, 6.07) is 25.8. The van der Waals surface area contributed by atoms with E-state index in [9.17, 15) is 9.59 Å². The summed E-state index contributed by atoms with van der Waals surface area (Å²) in [5, 5.41) is 7.85. The zero-order chi connectivity index (χ0) is 28.6. The molecule has 6 rings (SSSR count). The number of methoxy groups -OCH3 is 2. The van der Waals surface area contributed by atoms with Crippen LogP contribution in [0.1, 0.15) is 30.9 Å². The minimum atomic E-state index is -0.742. The fraction of sp³-hybridized carbons (Fsp3) is 0.303. The number of rotatable bonds is 10. The van der Waals surface area contributed by atoms with Gasteiger partial charge in [-0.15, -0.1) is 5.10 Å². The van der Waals surface area contributed by atoms with Gasteiger partial charge in [-0.3, -0.25) is 9.59 Å². The Morgan fingerprint density at radius 1 is 1.02 bits per heavy atom. The van der Waals surface area contributed by atoms with Gasteiger partial charge in [-0.05, 0) is 48.7 Å². The van der Waals surface area contributed by atoms with E-state index >= 15 is 0 Å². The molecule has 2 unspecified atom stereocenters. The Labute approximate surface area is 239 Å². The number of carbonyl (C=O) groups excluding carboxylic acids is 2. The van der Waals surface area contributed by atoms with Crippen molar-refractivity contribution in [2.75, 3.05) is 26.1 Å². The Balaban J connectivity index is 1.24. The number of amides is 2. The first kappa shape index (κ1) is 26.6. The topological polar surface area (TPSA) is 85.7 Å². The third-order valence-electron chi connectivity index (χ3n) is 8.18. The van der Waals surface area contributed by atoms with Crippen molar-refractivity contribution < 1.29 is 19.1 Å². The number of ether oxygens (including phenoxy) is 2. The molecule has 1 aromatic heterocycles. The van der Waals surface area contributed by atoms with Crippen molar-refractivity contribution in [3.8, 4) is 28.4 Å². The van der Waals surface area contributed by atoms with E-state index in [0.717, 1.165) is 35.3 Å². The molecule has 2 atom stereocenters. The Morgan fingerprint density at radius 3 is 2.61 bits per heavy atom. The lowest BCUT2D eigenvalue weighted by Gasteiger charge is -2.22. The number of piperidine rings is 1. The first-order chi connectivity index (χ1) is 20.0. The molecule has 2 amide bonds. The highest BCUT2D eigenvalue weighted by Crippen LogP contribution is 2.59. The van der Waals surface area contributed by atoms with Crippen LogP contribution in [0.3, 0.4) is 0 Å². The molecule has 2 heterocycles. The normalized spacial score (nSPS) is 19.1. The Bertz CT molecular complexity index is 1600. The average molecular weight is 551 g/mol. The van der Waals surface area contributed by atoms with Gasteiger partial charge >= 0.3 is 0 Å². The van der Waals surface area contributed by atoms with Gasteiger partial charge in [-0.25, -0.2) is 4.68 Å². The Hall–Kier alpha value is -4.59. The number of hydrogen-bond acceptors (Lipinski definition) is 5. The summed E-state index contributed by atoms with van der Waals surface area (Å²) in [7, 11) is 3.20. The van der Waals surface area contributed by atoms with Crippen LogP contribution in [-0.2, 0) is 22.6 Å². The number of para-hydroxylation sites is 1. The largest absolute Gasteiger partial charge is 0.497 e. The van der Waals surface area contributed by atoms with Crippen LogP contribution in [0.25, 0.3) is 16.9 Å². The van der Waals surface area contributed by atoms with Crippen molar-refractivity contribution in [3.05, 3.63) is 90.0 Å². The highest BCUT2D eigenvalue weighted by Gasteiger charge is 2.69. The molecule has 1 saturated carbocycles. The van der Waals surface area contributed by atoms with E-state index in [-0.39, 0.29) is 17.7 Å². The smallest absolute Gasteiger partial charge is 0.234 e. The Kier molecular flexibility index (Phi) is 6.99. The predicted molar refractivity (Wildman–Crippen MR) is 157 cm³/mol. The monoisotopic (exact) mass is 550 g/mol. The van der Waals surface area contributed by atoms with E-state index in [1.165, 1.54) is 5.56 Å². The van der Waals surface area contributed by atoms with Gasteiger partial charge in [0.25, 0.3) is 0 Å². The predicted octanol–water partition coefficient (Wildman–Crippen LogP) is 5.50. The lowest BCUT2D eigenvalue weighted by Crippen LogP contribution is -2.33. The number of nitrogens with one attached hydrogen (secondary N) is 1. The summed E-state index contributed by atoms with van der Waals surface area (Å²) in [4.78, 5) is 28.6. The summed E-state index contributed by atoms with van der Waals surface area (Å²) in [6.07, 6.45) is 2.61. The fourth-order valence-electron chi connectivity index (χ4n) is 5.92. The number of benzene rings is 3. The first-order valence-corrected chi connectivity index (χ1v) is 14.0. The van der Waals surface area contributed by atoms with Crippen LogP contribution in [-0.4, -0.2) is 47.3 Å². The lowest BCUT2D eigenvalue weighted by molar-refractivity contribution is -0.130. The summed E-state index contributed by atoms with van der Waals surface area (Å²) in [5.41, 5.74) is 4.22. The van der Waals surface area contributed by atoms with Crippen LogP contribution in [0.5, 0.6) is 11.5 Å². The highest BCUT2D eigenvalue weighted by molar-refractivity contribution is 6.05. The van der Waals surface area contributed by atoms with Gasteiger partial charge in [-0.1, -0.05) is 49.7 Å². The zero-order valence-corrected chi connectivity index (χ0v) is 23.6. The minimum Gasteiger partial charge on any atom is -0.497 e. The molecule has 4 aromatic rings. The van der Waals surface area contributed by atoms with Gasteiger partial charge in [0.2, 0.25) is 11.8 Å². The van der Waals surface area contributed by atoms with E-state index in [0.29, 0.717) is 36.8 Å². The Morgan fingerprint density at radius 2 is 1.85 bits per heavy atom. The van der Waals surface area contributed by atoms with Gasteiger partial charge < -0.3 is 19.7 Å². The standard InChI is InChI=1S/C33H34N4O4/c1-4-9-22-10-8-11-23(16-22)28-18-30(35-37(28)25-12-6-5-7-13-25)34-32(39)33-19-27(33)31(38)36(21-33)20-24-14-15-26(40-2)17-29(24)41-3/h5-8,10-18,27H,4,9,19-21H2,1-3H3,(H,34,35,39). The molecule has 8 nitrogen and oxygen atoms in total. The van der Waals surface area contributed by atoms with E-state index in [1.54, 1.807) is 25.2 Å². The quantitative estimate of drug-likeness (QED) is 0.282. The molecule has 1 saturated heterocycles. The van der Waals surface area contributed by atoms with Crippen molar-refractivity contribution in [1.82, 2.24) is 14.7 Å². The number of fused-ring (bicyclic) bond motifs is 1. The SMILES string of the molecule is CCCc1cccc(-c2cc(NC(=O)C34CC3C(=O)N(Cc3ccc(OC)cc3OC)C4)nn2-c2ccccc2)c1. The van der Waals surface area contributed by atoms with Crippen LogP contribution in [0.2, 0.25) is 0 Å². The second-order valence-corrected chi connectivity index (χ2v) is 10.9. The van der Waals surface area contributed by atoms with Gasteiger partial charge in [0.05, 0.1) is 36.9 Å².